The van der Waals surface area contributed by atoms with Crippen LogP contribution in [0.2, 0.25) is 0 Å². The molecular formula is C18H31N3. The molecule has 1 N–H and O–H groups in total. The van der Waals surface area contributed by atoms with Gasteiger partial charge in [-0.2, -0.15) is 5.26 Å². The van der Waals surface area contributed by atoms with Gasteiger partial charge in [-0.05, 0) is 64.0 Å². The zero-order valence-electron chi connectivity index (χ0n) is 13.6. The van der Waals surface area contributed by atoms with Gasteiger partial charge in [-0.25, -0.2) is 0 Å². The van der Waals surface area contributed by atoms with Crippen LogP contribution in [0.5, 0.6) is 0 Å². The Morgan fingerprint density at radius 2 is 1.90 bits per heavy atom. The van der Waals surface area contributed by atoms with E-state index in [1.165, 1.54) is 70.9 Å². The molecular weight excluding hydrogens is 258 g/mol. The standard InChI is InChI=1S/C18H31N3/c1-2-21(17-7-3-4-8-17)13-11-15-6-5-12-18(15,14-19)20-16-9-10-16/h15-17,20H,2-13H2,1H3. The summed E-state index contributed by atoms with van der Waals surface area (Å²) in [5.74, 6) is 0.568. The van der Waals surface area contributed by atoms with Gasteiger partial charge in [-0.15, -0.1) is 0 Å². The summed E-state index contributed by atoms with van der Waals surface area (Å²) < 4.78 is 0. The van der Waals surface area contributed by atoms with Crippen molar-refractivity contribution < 1.29 is 0 Å². The smallest absolute Gasteiger partial charge is 0.109 e. The average molecular weight is 289 g/mol. The molecule has 3 aliphatic rings. The van der Waals surface area contributed by atoms with Crippen molar-refractivity contribution in [3.05, 3.63) is 0 Å². The molecule has 0 aromatic rings. The highest BCUT2D eigenvalue weighted by Gasteiger charge is 2.45. The zero-order valence-corrected chi connectivity index (χ0v) is 13.6. The van der Waals surface area contributed by atoms with Crippen LogP contribution in [0.15, 0.2) is 0 Å². The molecule has 0 spiro atoms. The maximum atomic E-state index is 9.77. The van der Waals surface area contributed by atoms with E-state index in [0.29, 0.717) is 12.0 Å². The number of hydrogen-bond donors (Lipinski definition) is 1. The van der Waals surface area contributed by atoms with E-state index in [4.69, 9.17) is 0 Å². The first kappa shape index (κ1) is 15.3. The molecule has 0 aliphatic heterocycles. The van der Waals surface area contributed by atoms with E-state index in [-0.39, 0.29) is 5.54 Å². The quantitative estimate of drug-likeness (QED) is 0.780. The third-order valence-electron chi connectivity index (χ3n) is 6.07. The molecule has 3 nitrogen and oxygen atoms in total. The lowest BCUT2D eigenvalue weighted by Gasteiger charge is -2.33. The summed E-state index contributed by atoms with van der Waals surface area (Å²) >= 11 is 0. The molecule has 21 heavy (non-hydrogen) atoms. The molecule has 0 aromatic heterocycles. The van der Waals surface area contributed by atoms with Gasteiger partial charge in [0.05, 0.1) is 6.07 Å². The molecule has 0 amide bonds. The third-order valence-corrected chi connectivity index (χ3v) is 6.07. The van der Waals surface area contributed by atoms with Crippen LogP contribution in [0.1, 0.15) is 71.1 Å². The maximum Gasteiger partial charge on any atom is 0.109 e. The molecule has 2 atom stereocenters. The van der Waals surface area contributed by atoms with Crippen LogP contribution in [0, 0.1) is 17.2 Å². The largest absolute Gasteiger partial charge is 0.301 e. The van der Waals surface area contributed by atoms with Crippen LogP contribution in [-0.2, 0) is 0 Å². The SMILES string of the molecule is CCN(CCC1CCCC1(C#N)NC1CC1)C1CCCC1. The lowest BCUT2D eigenvalue weighted by atomic mass is 9.85. The summed E-state index contributed by atoms with van der Waals surface area (Å²) in [5, 5.41) is 13.5. The Labute approximate surface area is 130 Å². The number of nitriles is 1. The second-order valence-corrected chi connectivity index (χ2v) is 7.45. The van der Waals surface area contributed by atoms with E-state index in [1.54, 1.807) is 0 Å². The summed E-state index contributed by atoms with van der Waals surface area (Å²) in [6.45, 7) is 4.67. The molecule has 3 fully saturated rings. The number of nitrogens with zero attached hydrogens (tertiary/aromatic N) is 2. The number of hydrogen-bond acceptors (Lipinski definition) is 3. The van der Waals surface area contributed by atoms with E-state index in [1.807, 2.05) is 0 Å². The minimum atomic E-state index is -0.198. The van der Waals surface area contributed by atoms with E-state index >= 15 is 0 Å². The van der Waals surface area contributed by atoms with Crippen molar-refractivity contribution in [2.45, 2.75) is 88.8 Å². The molecule has 3 rings (SSSR count). The van der Waals surface area contributed by atoms with Crippen LogP contribution in [-0.4, -0.2) is 35.6 Å². The summed E-state index contributed by atoms with van der Waals surface area (Å²) in [6, 6.07) is 4.14. The van der Waals surface area contributed by atoms with Crippen LogP contribution >= 0.6 is 0 Å². The first-order chi connectivity index (χ1) is 10.3. The monoisotopic (exact) mass is 289 g/mol. The van der Waals surface area contributed by atoms with Gasteiger partial charge in [0.25, 0.3) is 0 Å². The lowest BCUT2D eigenvalue weighted by Crippen LogP contribution is -2.49. The summed E-state index contributed by atoms with van der Waals surface area (Å²) in [4.78, 5) is 2.69. The minimum absolute atomic E-state index is 0.198. The molecule has 0 aromatic carbocycles. The van der Waals surface area contributed by atoms with Gasteiger partial charge < -0.3 is 4.90 Å². The fraction of sp³-hybridized carbons (Fsp3) is 0.944. The van der Waals surface area contributed by atoms with Crippen molar-refractivity contribution in [2.24, 2.45) is 5.92 Å². The van der Waals surface area contributed by atoms with Gasteiger partial charge >= 0.3 is 0 Å². The van der Waals surface area contributed by atoms with Crippen molar-refractivity contribution in [3.8, 4) is 6.07 Å². The average Bonchev–Trinajstić information content (AvgIpc) is 3.00. The Balaban J connectivity index is 1.56. The van der Waals surface area contributed by atoms with Crippen molar-refractivity contribution in [2.75, 3.05) is 13.1 Å². The van der Waals surface area contributed by atoms with Gasteiger partial charge in [0, 0.05) is 12.1 Å². The van der Waals surface area contributed by atoms with Gasteiger partial charge in [0.1, 0.15) is 5.54 Å². The Bertz CT molecular complexity index is 378. The zero-order chi connectivity index (χ0) is 14.7. The first-order valence-corrected chi connectivity index (χ1v) is 9.20. The second kappa shape index (κ2) is 6.67. The molecule has 3 heteroatoms. The minimum Gasteiger partial charge on any atom is -0.301 e. The third kappa shape index (κ3) is 3.43. The van der Waals surface area contributed by atoms with Gasteiger partial charge in [0.2, 0.25) is 0 Å². The number of nitrogens with one attached hydrogen (secondary N) is 1. The fourth-order valence-electron chi connectivity index (χ4n) is 4.62. The van der Waals surface area contributed by atoms with Gasteiger partial charge in [-0.1, -0.05) is 26.2 Å². The fourth-order valence-corrected chi connectivity index (χ4v) is 4.62. The highest BCUT2D eigenvalue weighted by Crippen LogP contribution is 2.40. The Kier molecular flexibility index (Phi) is 4.86. The van der Waals surface area contributed by atoms with Crippen molar-refractivity contribution >= 4 is 0 Å². The molecule has 3 saturated carbocycles. The molecule has 0 heterocycles. The van der Waals surface area contributed by atoms with E-state index in [9.17, 15) is 5.26 Å². The molecule has 2 unspecified atom stereocenters. The van der Waals surface area contributed by atoms with Crippen LogP contribution in [0.25, 0.3) is 0 Å². The second-order valence-electron chi connectivity index (χ2n) is 7.45. The van der Waals surface area contributed by atoms with Crippen LogP contribution in [0.3, 0.4) is 0 Å². The van der Waals surface area contributed by atoms with Gasteiger partial charge in [0.15, 0.2) is 0 Å². The molecule has 118 valence electrons. The van der Waals surface area contributed by atoms with Crippen molar-refractivity contribution in [1.82, 2.24) is 10.2 Å². The predicted molar refractivity (Wildman–Crippen MR) is 86.0 cm³/mol. The highest BCUT2D eigenvalue weighted by atomic mass is 15.2. The molecule has 3 aliphatic carbocycles. The topological polar surface area (TPSA) is 39.1 Å². The van der Waals surface area contributed by atoms with Crippen LogP contribution in [0.4, 0.5) is 0 Å². The summed E-state index contributed by atoms with van der Waals surface area (Å²) in [6.07, 6.45) is 12.9. The van der Waals surface area contributed by atoms with Crippen molar-refractivity contribution in [3.63, 3.8) is 0 Å². The van der Waals surface area contributed by atoms with E-state index in [2.05, 4.69) is 23.2 Å². The first-order valence-electron chi connectivity index (χ1n) is 9.20. The molecule has 0 saturated heterocycles. The van der Waals surface area contributed by atoms with Crippen molar-refractivity contribution in [1.29, 1.82) is 5.26 Å². The Hall–Kier alpha value is -0.590. The lowest BCUT2D eigenvalue weighted by molar-refractivity contribution is 0.179. The highest BCUT2D eigenvalue weighted by molar-refractivity contribution is 5.16. The van der Waals surface area contributed by atoms with E-state index < -0.39 is 0 Å². The molecule has 0 radical (unpaired) electrons. The Morgan fingerprint density at radius 1 is 1.14 bits per heavy atom. The normalized spacial score (nSPS) is 33.7. The Morgan fingerprint density at radius 3 is 2.52 bits per heavy atom. The van der Waals surface area contributed by atoms with E-state index in [0.717, 1.165) is 12.5 Å². The summed E-state index contributed by atoms with van der Waals surface area (Å²) in [5.41, 5.74) is -0.198. The maximum absolute atomic E-state index is 9.77. The number of rotatable bonds is 7. The van der Waals surface area contributed by atoms with Crippen LogP contribution < -0.4 is 5.32 Å². The summed E-state index contributed by atoms with van der Waals surface area (Å²) in [7, 11) is 0. The predicted octanol–water partition coefficient (Wildman–Crippen LogP) is 3.46. The molecule has 0 bridgehead atoms. The van der Waals surface area contributed by atoms with Gasteiger partial charge in [-0.3, -0.25) is 5.32 Å².